The average Bonchev–Trinajstić information content (AvgIpc) is 3.20. The summed E-state index contributed by atoms with van der Waals surface area (Å²) in [7, 11) is 2.94. The lowest BCUT2D eigenvalue weighted by molar-refractivity contribution is -0.140. The van der Waals surface area contributed by atoms with Crippen LogP contribution in [0.2, 0.25) is 0 Å². The molecular formula is C21H21NO7. The topological polar surface area (TPSA) is 94.5 Å². The maximum atomic E-state index is 13.3. The molecule has 2 atom stereocenters. The minimum atomic E-state index is -1.04. The van der Waals surface area contributed by atoms with Gasteiger partial charge in [0.1, 0.15) is 5.92 Å². The fourth-order valence-electron chi connectivity index (χ4n) is 4.05. The number of hydrogen-bond donors (Lipinski definition) is 1. The normalized spacial score (nSPS) is 19.7. The van der Waals surface area contributed by atoms with Crippen molar-refractivity contribution in [3.05, 3.63) is 47.0 Å². The monoisotopic (exact) mass is 399 g/mol. The van der Waals surface area contributed by atoms with E-state index in [1.165, 1.54) is 14.2 Å². The molecule has 0 radical (unpaired) electrons. The Hall–Kier alpha value is -3.42. The van der Waals surface area contributed by atoms with Crippen LogP contribution in [0.5, 0.6) is 23.0 Å². The minimum Gasteiger partial charge on any atom is -0.493 e. The first-order valence-corrected chi connectivity index (χ1v) is 9.19. The van der Waals surface area contributed by atoms with Gasteiger partial charge in [0.05, 0.1) is 20.3 Å². The van der Waals surface area contributed by atoms with E-state index in [1.807, 2.05) is 6.92 Å². The smallest absolute Gasteiger partial charge is 0.313 e. The zero-order valence-corrected chi connectivity index (χ0v) is 16.3. The lowest BCUT2D eigenvalue weighted by Gasteiger charge is -2.40. The van der Waals surface area contributed by atoms with Crippen molar-refractivity contribution in [2.75, 3.05) is 27.6 Å². The number of carboxylic acids is 1. The van der Waals surface area contributed by atoms with E-state index >= 15 is 0 Å². The van der Waals surface area contributed by atoms with Crippen LogP contribution in [0, 0.1) is 0 Å². The molecule has 0 saturated carbocycles. The van der Waals surface area contributed by atoms with E-state index in [0.717, 1.165) is 0 Å². The lowest BCUT2D eigenvalue weighted by atomic mass is 9.79. The van der Waals surface area contributed by atoms with Crippen LogP contribution < -0.4 is 18.9 Å². The van der Waals surface area contributed by atoms with E-state index in [4.69, 9.17) is 18.9 Å². The Morgan fingerprint density at radius 1 is 1.14 bits per heavy atom. The Morgan fingerprint density at radius 3 is 2.48 bits per heavy atom. The van der Waals surface area contributed by atoms with Crippen molar-refractivity contribution in [3.63, 3.8) is 0 Å². The molecule has 152 valence electrons. The van der Waals surface area contributed by atoms with Crippen molar-refractivity contribution in [2.24, 2.45) is 0 Å². The summed E-state index contributed by atoms with van der Waals surface area (Å²) in [4.78, 5) is 27.2. The molecule has 8 heteroatoms. The highest BCUT2D eigenvalue weighted by Gasteiger charge is 2.45. The molecule has 8 nitrogen and oxygen atoms in total. The molecule has 2 heterocycles. The molecule has 0 aromatic heterocycles. The number of carboxylic acid groups (broad SMARTS) is 1. The summed E-state index contributed by atoms with van der Waals surface area (Å²) in [5, 5.41) is 10.1. The van der Waals surface area contributed by atoms with Crippen molar-refractivity contribution in [2.45, 2.75) is 18.9 Å². The van der Waals surface area contributed by atoms with Crippen molar-refractivity contribution in [1.29, 1.82) is 0 Å². The molecule has 0 spiro atoms. The Labute approximate surface area is 167 Å². The van der Waals surface area contributed by atoms with Crippen molar-refractivity contribution >= 4 is 11.9 Å². The van der Waals surface area contributed by atoms with Crippen LogP contribution in [0.15, 0.2) is 30.3 Å². The number of nitrogens with zero attached hydrogens (tertiary/aromatic N) is 1. The van der Waals surface area contributed by atoms with Crippen LogP contribution in [0.4, 0.5) is 0 Å². The SMILES string of the molecule is CCN1C(=O)c2cc(OC)c(OC)cc2[C@@H](C(=O)O)[C@H]1c1ccc2c(c1)OCO2. The highest BCUT2D eigenvalue weighted by Crippen LogP contribution is 2.47. The summed E-state index contributed by atoms with van der Waals surface area (Å²) in [6.07, 6.45) is 0. The van der Waals surface area contributed by atoms with Crippen LogP contribution in [-0.2, 0) is 4.79 Å². The molecule has 0 aliphatic carbocycles. The second kappa shape index (κ2) is 7.20. The summed E-state index contributed by atoms with van der Waals surface area (Å²) >= 11 is 0. The summed E-state index contributed by atoms with van der Waals surface area (Å²) < 4.78 is 21.4. The maximum Gasteiger partial charge on any atom is 0.313 e. The summed E-state index contributed by atoms with van der Waals surface area (Å²) in [6, 6.07) is 7.67. The van der Waals surface area contributed by atoms with E-state index in [0.29, 0.717) is 46.2 Å². The predicted molar refractivity (Wildman–Crippen MR) is 102 cm³/mol. The Morgan fingerprint density at radius 2 is 1.83 bits per heavy atom. The molecule has 2 aromatic rings. The second-order valence-electron chi connectivity index (χ2n) is 6.76. The van der Waals surface area contributed by atoms with Gasteiger partial charge in [0.25, 0.3) is 5.91 Å². The zero-order chi connectivity index (χ0) is 20.7. The molecular weight excluding hydrogens is 378 g/mol. The van der Waals surface area contributed by atoms with Crippen LogP contribution in [0.25, 0.3) is 0 Å². The highest BCUT2D eigenvalue weighted by atomic mass is 16.7. The molecule has 1 amide bonds. The minimum absolute atomic E-state index is 0.113. The number of benzene rings is 2. The molecule has 2 aromatic carbocycles. The largest absolute Gasteiger partial charge is 0.493 e. The maximum absolute atomic E-state index is 13.3. The second-order valence-corrected chi connectivity index (χ2v) is 6.76. The summed E-state index contributed by atoms with van der Waals surface area (Å²) in [6.45, 7) is 2.28. The number of carbonyl (C=O) groups excluding carboxylic acids is 1. The predicted octanol–water partition coefficient (Wildman–Crippen LogP) is 2.82. The van der Waals surface area contributed by atoms with Gasteiger partial charge in [-0.25, -0.2) is 0 Å². The molecule has 1 N–H and O–H groups in total. The van der Waals surface area contributed by atoms with Crippen LogP contribution in [0.3, 0.4) is 0 Å². The number of carbonyl (C=O) groups is 2. The van der Waals surface area contributed by atoms with Gasteiger partial charge in [0.15, 0.2) is 23.0 Å². The number of ether oxygens (including phenoxy) is 4. The number of rotatable bonds is 5. The average molecular weight is 399 g/mol. The van der Waals surface area contributed by atoms with E-state index in [-0.39, 0.29) is 12.7 Å². The number of likely N-dealkylation sites (N-methyl/N-ethyl adjacent to an activating group) is 1. The third-order valence-corrected chi connectivity index (χ3v) is 5.38. The molecule has 2 aliphatic rings. The van der Waals surface area contributed by atoms with Crippen molar-refractivity contribution < 1.29 is 33.6 Å². The number of methoxy groups -OCH3 is 2. The zero-order valence-electron chi connectivity index (χ0n) is 16.3. The van der Waals surface area contributed by atoms with Crippen LogP contribution in [0.1, 0.15) is 40.4 Å². The van der Waals surface area contributed by atoms with Crippen molar-refractivity contribution in [1.82, 2.24) is 4.90 Å². The molecule has 0 unspecified atom stereocenters. The van der Waals surface area contributed by atoms with Gasteiger partial charge in [0, 0.05) is 12.1 Å². The first-order valence-electron chi connectivity index (χ1n) is 9.19. The summed E-state index contributed by atoms with van der Waals surface area (Å²) in [5.41, 5.74) is 1.36. The Bertz CT molecular complexity index is 987. The first kappa shape index (κ1) is 18.9. The van der Waals surface area contributed by atoms with E-state index < -0.39 is 17.9 Å². The van der Waals surface area contributed by atoms with Gasteiger partial charge in [-0.05, 0) is 42.3 Å². The Kier molecular flexibility index (Phi) is 4.70. The van der Waals surface area contributed by atoms with E-state index in [2.05, 4.69) is 0 Å². The molecule has 0 bridgehead atoms. The highest BCUT2D eigenvalue weighted by molar-refractivity contribution is 6.01. The first-order chi connectivity index (χ1) is 14.0. The fourth-order valence-corrected chi connectivity index (χ4v) is 4.05. The molecule has 0 saturated heterocycles. The molecule has 4 rings (SSSR count). The summed E-state index contributed by atoms with van der Waals surface area (Å²) in [5.74, 6) is -0.398. The van der Waals surface area contributed by atoms with Crippen LogP contribution >= 0.6 is 0 Å². The third-order valence-electron chi connectivity index (χ3n) is 5.38. The van der Waals surface area contributed by atoms with Gasteiger partial charge in [-0.15, -0.1) is 0 Å². The quantitative estimate of drug-likeness (QED) is 0.826. The van der Waals surface area contributed by atoms with E-state index in [1.54, 1.807) is 35.2 Å². The standard InChI is InChI=1S/C21H21NO7/c1-4-22-19(11-5-6-14-17(7-11)29-10-28-14)18(21(24)25)12-8-15(26-2)16(27-3)9-13(12)20(22)23/h5-9,18-19H,4,10H2,1-3H3,(H,24,25)/t18-,19-/m1/s1. The number of amides is 1. The van der Waals surface area contributed by atoms with Crippen molar-refractivity contribution in [3.8, 4) is 23.0 Å². The fraction of sp³-hybridized carbons (Fsp3) is 0.333. The number of aliphatic carboxylic acids is 1. The van der Waals surface area contributed by atoms with Gasteiger partial charge in [-0.1, -0.05) is 6.07 Å². The van der Waals surface area contributed by atoms with E-state index in [9.17, 15) is 14.7 Å². The van der Waals surface area contributed by atoms with Gasteiger partial charge in [-0.2, -0.15) is 0 Å². The lowest BCUT2D eigenvalue weighted by Crippen LogP contribution is -2.44. The van der Waals surface area contributed by atoms with Gasteiger partial charge in [-0.3, -0.25) is 9.59 Å². The number of hydrogen-bond acceptors (Lipinski definition) is 6. The molecule has 29 heavy (non-hydrogen) atoms. The Balaban J connectivity index is 1.92. The number of fused-ring (bicyclic) bond motifs is 2. The third kappa shape index (κ3) is 2.91. The van der Waals surface area contributed by atoms with Gasteiger partial charge in [0.2, 0.25) is 6.79 Å². The molecule has 0 fully saturated rings. The molecule has 2 aliphatic heterocycles. The van der Waals surface area contributed by atoms with Gasteiger partial charge >= 0.3 is 5.97 Å². The van der Waals surface area contributed by atoms with Crippen LogP contribution in [-0.4, -0.2) is 49.4 Å². The van der Waals surface area contributed by atoms with Gasteiger partial charge < -0.3 is 29.0 Å².